The molecule has 7 heteroatoms. The van der Waals surface area contributed by atoms with Crippen LogP contribution in [0.5, 0.6) is 5.75 Å². The molecule has 1 fully saturated rings. The van der Waals surface area contributed by atoms with Gasteiger partial charge in [-0.15, -0.1) is 0 Å². The van der Waals surface area contributed by atoms with E-state index in [2.05, 4.69) is 21.2 Å². The van der Waals surface area contributed by atoms with E-state index < -0.39 is 23.1 Å². The van der Waals surface area contributed by atoms with Gasteiger partial charge in [-0.05, 0) is 61.7 Å². The van der Waals surface area contributed by atoms with Crippen molar-refractivity contribution in [2.45, 2.75) is 44.8 Å². The Morgan fingerprint density at radius 3 is 2.57 bits per heavy atom. The van der Waals surface area contributed by atoms with Crippen LogP contribution < -0.4 is 10.1 Å². The van der Waals surface area contributed by atoms with Gasteiger partial charge in [-0.3, -0.25) is 4.79 Å². The van der Waals surface area contributed by atoms with Gasteiger partial charge in [-0.25, -0.2) is 9.18 Å². The number of alkyl carbamates (subject to hydrolysis) is 1. The van der Waals surface area contributed by atoms with Gasteiger partial charge >= 0.3 is 6.09 Å². The zero-order chi connectivity index (χ0) is 17.3. The molecule has 0 heterocycles. The van der Waals surface area contributed by atoms with E-state index in [0.717, 1.165) is 18.9 Å². The first-order chi connectivity index (χ1) is 10.6. The molecule has 5 nitrogen and oxygen atoms in total. The average molecular weight is 388 g/mol. The number of carbonyl (C=O) groups excluding carboxylic acids is 2. The van der Waals surface area contributed by atoms with Gasteiger partial charge in [0.1, 0.15) is 18.5 Å². The van der Waals surface area contributed by atoms with Crippen molar-refractivity contribution in [3.8, 4) is 5.75 Å². The van der Waals surface area contributed by atoms with Gasteiger partial charge in [0.25, 0.3) is 0 Å². The number of benzene rings is 1. The van der Waals surface area contributed by atoms with Crippen LogP contribution >= 0.6 is 15.9 Å². The molecule has 1 aromatic carbocycles. The van der Waals surface area contributed by atoms with Crippen molar-refractivity contribution in [1.82, 2.24) is 5.32 Å². The Balaban J connectivity index is 1.98. The fourth-order valence-electron chi connectivity index (χ4n) is 1.97. The van der Waals surface area contributed by atoms with Crippen molar-refractivity contribution in [3.05, 3.63) is 28.0 Å². The summed E-state index contributed by atoms with van der Waals surface area (Å²) in [5, 5.41) is 2.78. The second-order valence-electron chi connectivity index (χ2n) is 6.63. The third-order valence-electron chi connectivity index (χ3n) is 3.27. The lowest BCUT2D eigenvalue weighted by atomic mass is 10.2. The van der Waals surface area contributed by atoms with E-state index in [0.29, 0.717) is 10.8 Å². The minimum Gasteiger partial charge on any atom is -0.487 e. The molecule has 23 heavy (non-hydrogen) atoms. The van der Waals surface area contributed by atoms with E-state index in [9.17, 15) is 14.0 Å². The second kappa shape index (κ2) is 6.47. The summed E-state index contributed by atoms with van der Waals surface area (Å²) in [4.78, 5) is 22.5. The molecule has 0 aliphatic heterocycles. The van der Waals surface area contributed by atoms with Crippen molar-refractivity contribution in [3.63, 3.8) is 0 Å². The van der Waals surface area contributed by atoms with Crippen LogP contribution in [0.1, 0.15) is 44.0 Å². The van der Waals surface area contributed by atoms with Crippen LogP contribution in [-0.2, 0) is 4.74 Å². The van der Waals surface area contributed by atoms with E-state index in [1.807, 2.05) is 0 Å². The van der Waals surface area contributed by atoms with E-state index >= 15 is 0 Å². The molecule has 1 aliphatic carbocycles. The first-order valence-corrected chi connectivity index (χ1v) is 8.02. The van der Waals surface area contributed by atoms with Crippen LogP contribution in [0.4, 0.5) is 9.18 Å². The SMILES string of the molecule is CC(C)(C)OC(=O)NC1(COc2c(F)cc(C=O)cc2Br)CC1. The predicted molar refractivity (Wildman–Crippen MR) is 86.3 cm³/mol. The molecule has 1 N–H and O–H groups in total. The van der Waals surface area contributed by atoms with Crippen LogP contribution in [0.15, 0.2) is 16.6 Å². The Morgan fingerprint density at radius 2 is 2.09 bits per heavy atom. The smallest absolute Gasteiger partial charge is 0.408 e. The molecule has 2 rings (SSSR count). The zero-order valence-electron chi connectivity index (χ0n) is 13.2. The molecule has 1 aliphatic rings. The molecular formula is C16H19BrFNO4. The van der Waals surface area contributed by atoms with Crippen molar-refractivity contribution in [2.24, 2.45) is 0 Å². The normalized spacial score (nSPS) is 15.7. The fraction of sp³-hybridized carbons (Fsp3) is 0.500. The third-order valence-corrected chi connectivity index (χ3v) is 3.86. The standard InChI is InChI=1S/C16H19BrFNO4/c1-15(2,3)23-14(21)19-16(4-5-16)9-22-13-11(17)6-10(8-20)7-12(13)18/h6-8H,4-5,9H2,1-3H3,(H,19,21). The van der Waals surface area contributed by atoms with E-state index in [1.54, 1.807) is 20.8 Å². The first kappa shape index (κ1) is 17.7. The molecule has 0 bridgehead atoms. The van der Waals surface area contributed by atoms with Gasteiger partial charge < -0.3 is 14.8 Å². The van der Waals surface area contributed by atoms with Crippen LogP contribution in [-0.4, -0.2) is 30.1 Å². The Bertz CT molecular complexity index is 600. The van der Waals surface area contributed by atoms with Gasteiger partial charge in [0.2, 0.25) is 0 Å². The second-order valence-corrected chi connectivity index (χ2v) is 7.48. The zero-order valence-corrected chi connectivity index (χ0v) is 14.8. The van der Waals surface area contributed by atoms with E-state index in [4.69, 9.17) is 9.47 Å². The third kappa shape index (κ3) is 4.92. The average Bonchev–Trinajstić information content (AvgIpc) is 3.14. The summed E-state index contributed by atoms with van der Waals surface area (Å²) < 4.78 is 25.0. The van der Waals surface area contributed by atoms with Gasteiger partial charge in [-0.1, -0.05) is 0 Å². The molecule has 0 atom stereocenters. The number of nitrogens with one attached hydrogen (secondary N) is 1. The number of rotatable bonds is 5. The van der Waals surface area contributed by atoms with Crippen molar-refractivity contribution >= 4 is 28.3 Å². The Kier molecular flexibility index (Phi) is 4.98. The molecule has 0 saturated heterocycles. The number of carbonyl (C=O) groups is 2. The number of hydrogen-bond donors (Lipinski definition) is 1. The molecule has 1 aromatic rings. The number of aldehydes is 1. The van der Waals surface area contributed by atoms with Crippen molar-refractivity contribution in [2.75, 3.05) is 6.61 Å². The van der Waals surface area contributed by atoms with Crippen molar-refractivity contribution < 1.29 is 23.5 Å². The minimum absolute atomic E-state index is 0.0212. The highest BCUT2D eigenvalue weighted by Crippen LogP contribution is 2.38. The van der Waals surface area contributed by atoms with Gasteiger partial charge in [0.05, 0.1) is 10.0 Å². The fourth-order valence-corrected chi connectivity index (χ4v) is 2.54. The summed E-state index contributed by atoms with van der Waals surface area (Å²) in [6.07, 6.45) is 1.51. The molecule has 0 radical (unpaired) electrons. The maximum atomic E-state index is 14.0. The molecule has 0 aromatic heterocycles. The first-order valence-electron chi connectivity index (χ1n) is 7.22. The number of halogens is 2. The highest BCUT2D eigenvalue weighted by atomic mass is 79.9. The molecule has 1 saturated carbocycles. The quantitative estimate of drug-likeness (QED) is 0.779. The topological polar surface area (TPSA) is 64.6 Å². The summed E-state index contributed by atoms with van der Waals surface area (Å²) in [5.41, 5.74) is -0.895. The predicted octanol–water partition coefficient (Wildman–Crippen LogP) is 3.84. The monoisotopic (exact) mass is 387 g/mol. The summed E-state index contributed by atoms with van der Waals surface area (Å²) >= 11 is 3.18. The molecule has 0 spiro atoms. The van der Waals surface area contributed by atoms with E-state index in [1.165, 1.54) is 6.07 Å². The lowest BCUT2D eigenvalue weighted by Crippen LogP contribution is -2.44. The summed E-state index contributed by atoms with van der Waals surface area (Å²) in [5.74, 6) is -0.609. The van der Waals surface area contributed by atoms with Gasteiger partial charge in [0.15, 0.2) is 11.6 Å². The highest BCUT2D eigenvalue weighted by Gasteiger charge is 2.46. The van der Waals surface area contributed by atoms with Gasteiger partial charge in [0, 0.05) is 5.56 Å². The van der Waals surface area contributed by atoms with Crippen LogP contribution in [0.3, 0.4) is 0 Å². The Labute approximate surface area is 142 Å². The van der Waals surface area contributed by atoms with Crippen LogP contribution in [0.2, 0.25) is 0 Å². The Morgan fingerprint density at radius 1 is 1.43 bits per heavy atom. The molecular weight excluding hydrogens is 369 g/mol. The van der Waals surface area contributed by atoms with Crippen LogP contribution in [0.25, 0.3) is 0 Å². The maximum Gasteiger partial charge on any atom is 0.408 e. The number of hydrogen-bond acceptors (Lipinski definition) is 4. The lowest BCUT2D eigenvalue weighted by Gasteiger charge is -2.23. The summed E-state index contributed by atoms with van der Waals surface area (Å²) in [6, 6.07) is 2.58. The van der Waals surface area contributed by atoms with Crippen LogP contribution in [0, 0.1) is 5.82 Å². The molecule has 0 unspecified atom stereocenters. The largest absolute Gasteiger partial charge is 0.487 e. The lowest BCUT2D eigenvalue weighted by molar-refractivity contribution is 0.0476. The van der Waals surface area contributed by atoms with E-state index in [-0.39, 0.29) is 17.9 Å². The minimum atomic E-state index is -0.630. The molecule has 126 valence electrons. The highest BCUT2D eigenvalue weighted by molar-refractivity contribution is 9.10. The summed E-state index contributed by atoms with van der Waals surface area (Å²) in [6.45, 7) is 5.47. The van der Waals surface area contributed by atoms with Crippen molar-refractivity contribution in [1.29, 1.82) is 0 Å². The maximum absolute atomic E-state index is 14.0. The molecule has 1 amide bonds. The van der Waals surface area contributed by atoms with Gasteiger partial charge in [-0.2, -0.15) is 0 Å². The number of amides is 1. The number of ether oxygens (including phenoxy) is 2. The Hall–Kier alpha value is -1.63. The summed E-state index contributed by atoms with van der Waals surface area (Å²) in [7, 11) is 0.